The van der Waals surface area contributed by atoms with Gasteiger partial charge in [0.2, 0.25) is 0 Å². The molecule has 9 rings (SSSR count). The second kappa shape index (κ2) is 26.8. The molecular weight excluding hydrogens is 1260 g/mol. The van der Waals surface area contributed by atoms with Gasteiger partial charge >= 0.3 is 26.7 Å². The third kappa shape index (κ3) is 15.3. The first-order valence-corrected chi connectivity index (χ1v) is 28.8. The van der Waals surface area contributed by atoms with Gasteiger partial charge in [-0.3, -0.25) is 14.4 Å². The number of rotatable bonds is 21. The monoisotopic (exact) mass is 1310 g/mol. The summed E-state index contributed by atoms with van der Waals surface area (Å²) in [6, 6.07) is 14.6. The number of halogens is 12. The lowest BCUT2D eigenvalue weighted by molar-refractivity contribution is -0.138. The van der Waals surface area contributed by atoms with E-state index in [4.69, 9.17) is 13.6 Å². The number of nitrogens with zero attached hydrogens (tertiary/aromatic N) is 9. The Balaban J connectivity index is 1.13. The number of benzene rings is 3. The fourth-order valence-electron chi connectivity index (χ4n) is 10.0. The molecule has 0 unspecified atom stereocenters. The lowest BCUT2D eigenvalue weighted by Crippen LogP contribution is -2.22. The Morgan fingerprint density at radius 1 is 0.435 bits per heavy atom. The van der Waals surface area contributed by atoms with Crippen molar-refractivity contribution in [2.75, 3.05) is 21.1 Å². The van der Waals surface area contributed by atoms with Crippen LogP contribution in [0.1, 0.15) is 115 Å². The van der Waals surface area contributed by atoms with E-state index < -0.39 is 98.4 Å². The summed E-state index contributed by atoms with van der Waals surface area (Å²) in [4.78, 5) is 67.5. The van der Waals surface area contributed by atoms with Gasteiger partial charge in [0.25, 0.3) is 17.7 Å². The maximum Gasteiger partial charge on any atom is 0.573 e. The summed E-state index contributed by atoms with van der Waals surface area (Å²) in [5, 5.41) is 21.0. The van der Waals surface area contributed by atoms with E-state index in [1.807, 2.05) is 0 Å². The van der Waals surface area contributed by atoms with E-state index in [-0.39, 0.29) is 121 Å². The van der Waals surface area contributed by atoms with Crippen LogP contribution in [0.2, 0.25) is 0 Å². The van der Waals surface area contributed by atoms with Crippen LogP contribution >= 0.6 is 8.17 Å². The van der Waals surface area contributed by atoms with Gasteiger partial charge in [0, 0.05) is 39.7 Å². The molecule has 0 bridgehead atoms. The third-order valence-electron chi connectivity index (χ3n) is 14.1. The van der Waals surface area contributed by atoms with Crippen LogP contribution in [0.15, 0.2) is 110 Å². The van der Waals surface area contributed by atoms with Gasteiger partial charge in [0.15, 0.2) is 17.5 Å². The van der Waals surface area contributed by atoms with Gasteiger partial charge in [-0.15, -0.1) is 13.6 Å². The van der Waals surface area contributed by atoms with Crippen molar-refractivity contribution < 1.29 is 85.5 Å². The molecule has 0 aliphatic heterocycles. The first kappa shape index (κ1) is 67.0. The topological polar surface area (TPSA) is 227 Å². The lowest BCUT2D eigenvalue weighted by atomic mass is 10.0. The number of aromatic nitrogens is 9. The minimum Gasteiger partial charge on any atom is -0.355 e. The van der Waals surface area contributed by atoms with Crippen molar-refractivity contribution in [1.29, 1.82) is 0 Å². The average Bonchev–Trinajstić information content (AvgIpc) is 1.68. The normalized spacial score (nSPS) is 12.2. The van der Waals surface area contributed by atoms with E-state index in [2.05, 4.69) is 46.2 Å². The van der Waals surface area contributed by atoms with Crippen molar-refractivity contribution in [1.82, 2.24) is 60.2 Å². The molecule has 482 valence electrons. The molecule has 0 saturated heterocycles. The fourth-order valence-corrected chi connectivity index (χ4v) is 11.1. The zero-order valence-electron chi connectivity index (χ0n) is 49.0. The van der Waals surface area contributed by atoms with Crippen LogP contribution in [0.4, 0.5) is 52.7 Å². The standard InChI is InChI=1S/C60H51F12N12O7P/c1-31-52(55(85)73-4)46(82(79-31)49-22-34(7-10-76-49)13-37-16-40(58(64,65)66)25-43(61)19-37)28-89-92(88,90-29-47-53(56(86)74-5)32(2)80-83(47)50-23-35(8-11-77-50)14-38-17-41(59(67,68)69)26-44(62)20-38)91-30-48-54(57(87)75-6)33(3)81-84(48)51-24-36(9-12-78-51)15-39-18-42(60(70,71)72)27-45(63)21-39/h7-12,16-27,88H,13-15,28-30H2,1-6H3,(H2-,73,74,75,85,86,87)/p+1. The van der Waals surface area contributed by atoms with E-state index in [0.29, 0.717) is 18.2 Å². The molecule has 19 nitrogen and oxygen atoms in total. The third-order valence-corrected chi connectivity index (χ3v) is 15.5. The minimum atomic E-state index is -5.15. The molecule has 92 heavy (non-hydrogen) atoms. The van der Waals surface area contributed by atoms with Crippen LogP contribution in [0.5, 0.6) is 0 Å². The maximum atomic E-state index is 14.6. The molecule has 6 heterocycles. The quantitative estimate of drug-likeness (QED) is 0.0388. The summed E-state index contributed by atoms with van der Waals surface area (Å²) >= 11 is 0. The lowest BCUT2D eigenvalue weighted by Gasteiger charge is -2.18. The Morgan fingerprint density at radius 2 is 0.696 bits per heavy atom. The van der Waals surface area contributed by atoms with Gasteiger partial charge in [-0.1, -0.05) is 0 Å². The number of carbonyl (C=O) groups excluding carboxylic acids is 3. The van der Waals surface area contributed by atoms with Gasteiger partial charge in [-0.25, -0.2) is 42.2 Å². The Labute approximate surface area is 515 Å². The molecule has 0 spiro atoms. The predicted molar refractivity (Wildman–Crippen MR) is 305 cm³/mol. The highest BCUT2D eigenvalue weighted by Crippen LogP contribution is 2.60. The van der Waals surface area contributed by atoms with Crippen molar-refractivity contribution in [2.45, 2.75) is 78.4 Å². The number of hydrogen-bond donors (Lipinski definition) is 4. The van der Waals surface area contributed by atoms with Crippen molar-refractivity contribution in [3.63, 3.8) is 0 Å². The molecule has 0 fully saturated rings. The van der Waals surface area contributed by atoms with Crippen LogP contribution in [-0.2, 0) is 71.2 Å². The summed E-state index contributed by atoms with van der Waals surface area (Å²) in [5.41, 5.74) is -3.86. The van der Waals surface area contributed by atoms with Crippen molar-refractivity contribution in [2.24, 2.45) is 0 Å². The summed E-state index contributed by atoms with van der Waals surface area (Å²) in [6.07, 6.45) is -11.6. The van der Waals surface area contributed by atoms with Crippen LogP contribution in [0, 0.1) is 38.2 Å². The van der Waals surface area contributed by atoms with Gasteiger partial charge in [0.1, 0.15) is 37.3 Å². The second-order valence-electron chi connectivity index (χ2n) is 20.6. The van der Waals surface area contributed by atoms with Crippen LogP contribution < -0.4 is 16.0 Å². The van der Waals surface area contributed by atoms with Crippen LogP contribution in [0.3, 0.4) is 0 Å². The molecule has 9 aromatic rings. The first-order valence-electron chi connectivity index (χ1n) is 27.3. The highest BCUT2D eigenvalue weighted by Gasteiger charge is 2.48. The molecule has 6 aromatic heterocycles. The average molecular weight is 1310 g/mol. The summed E-state index contributed by atoms with van der Waals surface area (Å²) in [7, 11) is -1.26. The molecule has 0 atom stereocenters. The number of carbonyl (C=O) groups is 3. The molecule has 3 aromatic carbocycles. The van der Waals surface area contributed by atoms with Crippen LogP contribution in [-0.4, -0.2) is 88.1 Å². The van der Waals surface area contributed by atoms with Crippen molar-refractivity contribution >= 4 is 25.9 Å². The molecule has 32 heteroatoms. The number of aryl methyl sites for hydroxylation is 3. The molecule has 0 radical (unpaired) electrons. The Morgan fingerprint density at radius 3 is 0.935 bits per heavy atom. The SMILES string of the molecule is CNC(=O)c1c(C)nn(-c2cc(Cc3cc(F)cc(C(F)(F)F)c3)ccn2)c1CO[P+](O)(OCc1c(C(=O)NC)c(C)nn1-c1cc(Cc2cc(F)cc(C(F)(F)F)c2)ccn1)OCc1c(C(=O)NC)c(C)nn1-c1cc(Cc2cc(F)cc(C(F)(F)F)c2)ccn1. The fraction of sp³-hybridized carbons (Fsp3) is 0.250. The van der Waals surface area contributed by atoms with E-state index in [9.17, 15) is 72.0 Å². The number of amides is 3. The molecule has 3 amide bonds. The summed E-state index contributed by atoms with van der Waals surface area (Å²) in [5.74, 6) is -5.91. The molecule has 0 saturated carbocycles. The number of hydrogen-bond acceptors (Lipinski definition) is 13. The van der Waals surface area contributed by atoms with E-state index in [1.165, 1.54) is 96.9 Å². The van der Waals surface area contributed by atoms with Gasteiger partial charge in [-0.05, 0) is 164 Å². The summed E-state index contributed by atoms with van der Waals surface area (Å²) < 4.78 is 190. The van der Waals surface area contributed by atoms with E-state index >= 15 is 0 Å². The van der Waals surface area contributed by atoms with Crippen LogP contribution in [0.25, 0.3) is 17.5 Å². The second-order valence-corrected chi connectivity index (χ2v) is 22.3. The zero-order chi connectivity index (χ0) is 66.8. The summed E-state index contributed by atoms with van der Waals surface area (Å²) in [6.45, 7) is 1.63. The highest BCUT2D eigenvalue weighted by atomic mass is 31.2. The molecule has 0 aliphatic rings. The zero-order valence-corrected chi connectivity index (χ0v) is 49.9. The van der Waals surface area contributed by atoms with Gasteiger partial charge in [0.05, 0.1) is 67.5 Å². The Kier molecular flexibility index (Phi) is 19.5. The molecule has 4 N–H and O–H groups in total. The number of nitrogens with one attached hydrogen (secondary N) is 3. The number of alkyl halides is 9. The van der Waals surface area contributed by atoms with E-state index in [1.54, 1.807) is 0 Å². The maximum absolute atomic E-state index is 14.6. The highest BCUT2D eigenvalue weighted by molar-refractivity contribution is 7.55. The smallest absolute Gasteiger partial charge is 0.355 e. The minimum absolute atomic E-state index is 0.0452. The van der Waals surface area contributed by atoms with Gasteiger partial charge < -0.3 is 16.0 Å². The first-order chi connectivity index (χ1) is 43.3. The molecular formula is C60H52F12N12O7P+. The largest absolute Gasteiger partial charge is 0.573 e. The van der Waals surface area contributed by atoms with Gasteiger partial charge in [-0.2, -0.15) is 59.7 Å². The predicted octanol–water partition coefficient (Wildman–Crippen LogP) is 11.3. The van der Waals surface area contributed by atoms with Crippen molar-refractivity contribution in [3.8, 4) is 17.5 Å². The van der Waals surface area contributed by atoms with E-state index in [0.717, 1.165) is 50.4 Å². The Bertz CT molecular complexity index is 3860. The van der Waals surface area contributed by atoms with Crippen molar-refractivity contribution in [3.05, 3.63) is 228 Å². The molecule has 0 aliphatic carbocycles. The Hall–Kier alpha value is -9.42. The number of pyridine rings is 3.